The molecule has 30 heavy (non-hydrogen) atoms. The number of rotatable bonds is 9. The molecular formula is C25H27ClO3S. The average Bonchev–Trinajstić information content (AvgIpc) is 3.50. The summed E-state index contributed by atoms with van der Waals surface area (Å²) < 4.78 is 17.7. The molecule has 0 bridgehead atoms. The second-order valence-electron chi connectivity index (χ2n) is 8.24. The van der Waals surface area contributed by atoms with Crippen molar-refractivity contribution in [3.8, 4) is 5.95 Å². The first kappa shape index (κ1) is 21.2. The van der Waals surface area contributed by atoms with Crippen LogP contribution in [0.25, 0.3) is 0 Å². The number of ether oxygens (including phenoxy) is 2. The fourth-order valence-electron chi connectivity index (χ4n) is 3.82. The summed E-state index contributed by atoms with van der Waals surface area (Å²) in [5.41, 5.74) is 2.17. The standard InChI is InChI=1S/C25H27ClO3S/c1-25(2,19-7-4-3-5-8-19)20-13-24(28-15-20)29-17-22-18(10-11-23(22)26)14-27-16-21-9-6-12-30-21/h3-9,11-13,15,18,22H,10,14,16-17H2,1-2H3/t18-,22-/m1/s1. The normalized spacial score (nSPS) is 19.1. The van der Waals surface area contributed by atoms with Crippen LogP contribution in [0.2, 0.25) is 0 Å². The molecule has 1 aromatic carbocycles. The van der Waals surface area contributed by atoms with Gasteiger partial charge in [0.1, 0.15) is 0 Å². The van der Waals surface area contributed by atoms with E-state index < -0.39 is 0 Å². The van der Waals surface area contributed by atoms with Gasteiger partial charge in [-0.15, -0.1) is 11.3 Å². The first-order valence-electron chi connectivity index (χ1n) is 10.3. The minimum absolute atomic E-state index is 0.130. The molecule has 0 unspecified atom stereocenters. The Morgan fingerprint density at radius 1 is 1.10 bits per heavy atom. The van der Waals surface area contributed by atoms with Gasteiger partial charge in [-0.1, -0.05) is 67.9 Å². The Morgan fingerprint density at radius 2 is 1.93 bits per heavy atom. The van der Waals surface area contributed by atoms with Crippen molar-refractivity contribution in [2.45, 2.75) is 32.3 Å². The molecule has 0 amide bonds. The lowest BCUT2D eigenvalue weighted by Crippen LogP contribution is -2.22. The monoisotopic (exact) mass is 442 g/mol. The van der Waals surface area contributed by atoms with E-state index in [1.165, 1.54) is 10.4 Å². The van der Waals surface area contributed by atoms with E-state index in [1.54, 1.807) is 17.6 Å². The Hall–Kier alpha value is -2.01. The molecule has 0 saturated heterocycles. The van der Waals surface area contributed by atoms with Crippen LogP contribution in [0.3, 0.4) is 0 Å². The van der Waals surface area contributed by atoms with Crippen LogP contribution in [0.15, 0.2) is 75.7 Å². The summed E-state index contributed by atoms with van der Waals surface area (Å²) in [5.74, 6) is 0.988. The van der Waals surface area contributed by atoms with Gasteiger partial charge in [0.2, 0.25) is 0 Å². The molecule has 0 spiro atoms. The van der Waals surface area contributed by atoms with E-state index >= 15 is 0 Å². The number of furan rings is 1. The molecule has 3 aromatic rings. The van der Waals surface area contributed by atoms with Crippen LogP contribution in [0.4, 0.5) is 0 Å². The molecule has 5 heteroatoms. The highest BCUT2D eigenvalue weighted by atomic mass is 35.5. The number of hydrogen-bond acceptors (Lipinski definition) is 4. The lowest BCUT2D eigenvalue weighted by molar-refractivity contribution is 0.0667. The van der Waals surface area contributed by atoms with E-state index in [0.717, 1.165) is 17.0 Å². The van der Waals surface area contributed by atoms with Gasteiger partial charge in [0.15, 0.2) is 0 Å². The second-order valence-corrected chi connectivity index (χ2v) is 9.71. The van der Waals surface area contributed by atoms with E-state index in [1.807, 2.05) is 18.2 Å². The summed E-state index contributed by atoms with van der Waals surface area (Å²) in [5, 5.41) is 2.93. The van der Waals surface area contributed by atoms with Gasteiger partial charge in [-0.25, -0.2) is 0 Å². The highest BCUT2D eigenvalue weighted by molar-refractivity contribution is 7.09. The Morgan fingerprint density at radius 3 is 2.70 bits per heavy atom. The van der Waals surface area contributed by atoms with E-state index in [2.05, 4.69) is 55.6 Å². The highest BCUT2D eigenvalue weighted by Gasteiger charge is 2.31. The predicted octanol–water partition coefficient (Wildman–Crippen LogP) is 7.02. The van der Waals surface area contributed by atoms with Gasteiger partial charge >= 0.3 is 0 Å². The molecule has 4 rings (SSSR count). The van der Waals surface area contributed by atoms with Gasteiger partial charge < -0.3 is 13.9 Å². The van der Waals surface area contributed by atoms with Crippen LogP contribution in [-0.4, -0.2) is 13.2 Å². The molecule has 2 atom stereocenters. The minimum atomic E-state index is -0.157. The van der Waals surface area contributed by atoms with Crippen molar-refractivity contribution in [2.24, 2.45) is 11.8 Å². The Kier molecular flexibility index (Phi) is 6.67. The zero-order valence-electron chi connectivity index (χ0n) is 17.3. The van der Waals surface area contributed by atoms with Crippen LogP contribution in [0.5, 0.6) is 5.95 Å². The number of thiophene rings is 1. The third kappa shape index (κ3) is 4.83. The molecule has 0 aliphatic heterocycles. The van der Waals surface area contributed by atoms with E-state index in [9.17, 15) is 0 Å². The smallest absolute Gasteiger partial charge is 0.284 e. The fraction of sp³-hybridized carbons (Fsp3) is 0.360. The third-order valence-electron chi connectivity index (χ3n) is 5.89. The molecule has 2 aromatic heterocycles. The third-order valence-corrected chi connectivity index (χ3v) is 7.18. The van der Waals surface area contributed by atoms with Crippen molar-refractivity contribution in [1.82, 2.24) is 0 Å². The van der Waals surface area contributed by atoms with Crippen LogP contribution in [-0.2, 0) is 16.8 Å². The van der Waals surface area contributed by atoms with Crippen molar-refractivity contribution >= 4 is 22.9 Å². The maximum absolute atomic E-state index is 6.47. The first-order valence-corrected chi connectivity index (χ1v) is 11.5. The van der Waals surface area contributed by atoms with Crippen LogP contribution in [0.1, 0.15) is 36.3 Å². The maximum Gasteiger partial charge on any atom is 0.284 e. The minimum Gasteiger partial charge on any atom is -0.464 e. The second kappa shape index (κ2) is 9.42. The van der Waals surface area contributed by atoms with Crippen LogP contribution >= 0.6 is 22.9 Å². The van der Waals surface area contributed by atoms with Crippen molar-refractivity contribution in [1.29, 1.82) is 0 Å². The zero-order chi connectivity index (χ0) is 21.0. The molecule has 2 heterocycles. The highest BCUT2D eigenvalue weighted by Crippen LogP contribution is 2.37. The summed E-state index contributed by atoms with van der Waals surface area (Å²) in [4.78, 5) is 1.24. The lowest BCUT2D eigenvalue weighted by atomic mass is 9.79. The summed E-state index contributed by atoms with van der Waals surface area (Å²) in [6.07, 6.45) is 4.79. The van der Waals surface area contributed by atoms with Gasteiger partial charge in [0.25, 0.3) is 5.95 Å². The molecule has 1 aliphatic rings. The van der Waals surface area contributed by atoms with E-state index in [-0.39, 0.29) is 11.3 Å². The summed E-state index contributed by atoms with van der Waals surface area (Å²) in [6.45, 7) is 6.18. The summed E-state index contributed by atoms with van der Waals surface area (Å²) in [6, 6.07) is 16.5. The maximum atomic E-state index is 6.47. The lowest BCUT2D eigenvalue weighted by Gasteiger charge is -2.23. The topological polar surface area (TPSA) is 31.6 Å². The molecule has 3 nitrogen and oxygen atoms in total. The fourth-order valence-corrected chi connectivity index (χ4v) is 4.79. The predicted molar refractivity (Wildman–Crippen MR) is 122 cm³/mol. The molecule has 0 radical (unpaired) electrons. The molecule has 0 saturated carbocycles. The Balaban J connectivity index is 1.33. The Bertz CT molecular complexity index is 959. The van der Waals surface area contributed by atoms with Gasteiger partial charge in [-0.2, -0.15) is 0 Å². The first-order chi connectivity index (χ1) is 14.5. The molecule has 158 valence electrons. The number of hydrogen-bond donors (Lipinski definition) is 0. The molecule has 1 aliphatic carbocycles. The van der Waals surface area contributed by atoms with E-state index in [0.29, 0.717) is 31.7 Å². The average molecular weight is 443 g/mol. The molecular weight excluding hydrogens is 416 g/mol. The zero-order valence-corrected chi connectivity index (χ0v) is 18.9. The van der Waals surface area contributed by atoms with E-state index in [4.69, 9.17) is 25.5 Å². The number of allylic oxidation sites excluding steroid dienone is 1. The van der Waals surface area contributed by atoms with Crippen molar-refractivity contribution in [2.75, 3.05) is 13.2 Å². The van der Waals surface area contributed by atoms with Gasteiger partial charge in [0, 0.05) is 32.9 Å². The quantitative estimate of drug-likeness (QED) is 0.356. The van der Waals surface area contributed by atoms with Gasteiger partial charge in [-0.3, -0.25) is 0 Å². The van der Waals surface area contributed by atoms with Crippen LogP contribution in [0, 0.1) is 11.8 Å². The molecule has 0 N–H and O–H groups in total. The Labute approximate surface area is 187 Å². The van der Waals surface area contributed by atoms with Crippen molar-refractivity contribution in [3.63, 3.8) is 0 Å². The van der Waals surface area contributed by atoms with Crippen LogP contribution < -0.4 is 4.74 Å². The molecule has 0 fully saturated rings. The van der Waals surface area contributed by atoms with Gasteiger partial charge in [-0.05, 0) is 29.3 Å². The number of halogens is 1. The van der Waals surface area contributed by atoms with Gasteiger partial charge in [0.05, 0.1) is 26.1 Å². The summed E-state index contributed by atoms with van der Waals surface area (Å²) in [7, 11) is 0. The number of benzene rings is 1. The van der Waals surface area contributed by atoms with Crippen molar-refractivity contribution < 1.29 is 13.9 Å². The summed E-state index contributed by atoms with van der Waals surface area (Å²) >= 11 is 8.19. The van der Waals surface area contributed by atoms with Crippen molar-refractivity contribution in [3.05, 3.63) is 87.3 Å². The largest absolute Gasteiger partial charge is 0.464 e. The SMILES string of the molecule is CC(C)(c1ccccc1)c1coc(OC[C@H]2C(Cl)=CC[C@@H]2COCc2cccs2)c1.